The molecule has 31 heavy (non-hydrogen) atoms. The van der Waals surface area contributed by atoms with Crippen LogP contribution in [0.5, 0.6) is 0 Å². The van der Waals surface area contributed by atoms with Crippen molar-refractivity contribution in [1.82, 2.24) is 15.2 Å². The zero-order chi connectivity index (χ0) is 22.4. The van der Waals surface area contributed by atoms with Gasteiger partial charge in [-0.25, -0.2) is 0 Å². The van der Waals surface area contributed by atoms with Gasteiger partial charge in [0.05, 0.1) is 11.4 Å². The van der Waals surface area contributed by atoms with Crippen LogP contribution in [-0.4, -0.2) is 32.7 Å². The van der Waals surface area contributed by atoms with Crippen molar-refractivity contribution in [3.63, 3.8) is 0 Å². The normalized spacial score (nSPS) is 10.5. The molecule has 0 saturated carbocycles. The van der Waals surface area contributed by atoms with Crippen LogP contribution >= 0.6 is 11.8 Å². The van der Waals surface area contributed by atoms with Crippen LogP contribution in [-0.2, 0) is 9.59 Å². The van der Waals surface area contributed by atoms with Gasteiger partial charge in [-0.05, 0) is 37.1 Å². The molecule has 0 aliphatic rings. The largest absolute Gasteiger partial charge is 0.325 e. The van der Waals surface area contributed by atoms with Gasteiger partial charge in [0, 0.05) is 17.7 Å². The number of amides is 2. The van der Waals surface area contributed by atoms with E-state index in [9.17, 15) is 14.4 Å². The molecular weight excluding hydrogens is 414 g/mol. The third-order valence-electron chi connectivity index (χ3n) is 4.46. The number of carbonyl (C=O) groups excluding carboxylic acids is 2. The van der Waals surface area contributed by atoms with E-state index in [0.29, 0.717) is 17.7 Å². The number of aromatic amines is 1. The van der Waals surface area contributed by atoms with Gasteiger partial charge in [-0.1, -0.05) is 49.0 Å². The Labute approximate surface area is 183 Å². The van der Waals surface area contributed by atoms with Crippen LogP contribution < -0.4 is 16.2 Å². The number of aromatic nitrogens is 3. The van der Waals surface area contributed by atoms with Crippen LogP contribution in [0.15, 0.2) is 52.4 Å². The summed E-state index contributed by atoms with van der Waals surface area (Å²) in [6.07, 6.45) is 0.316. The maximum atomic E-state index is 12.6. The lowest BCUT2D eigenvalue weighted by molar-refractivity contribution is -0.116. The lowest BCUT2D eigenvalue weighted by Crippen LogP contribution is -2.18. The first-order chi connectivity index (χ1) is 14.9. The summed E-state index contributed by atoms with van der Waals surface area (Å²) in [5.74, 6) is -0.308. The van der Waals surface area contributed by atoms with Gasteiger partial charge < -0.3 is 10.6 Å². The van der Waals surface area contributed by atoms with Gasteiger partial charge in [0.2, 0.25) is 11.8 Å². The van der Waals surface area contributed by atoms with Crippen LogP contribution in [0.1, 0.15) is 24.5 Å². The summed E-state index contributed by atoms with van der Waals surface area (Å²) < 4.78 is 0. The summed E-state index contributed by atoms with van der Waals surface area (Å²) in [5.41, 5.74) is 3.38. The van der Waals surface area contributed by atoms with Crippen molar-refractivity contribution >= 4 is 35.0 Å². The van der Waals surface area contributed by atoms with E-state index in [4.69, 9.17) is 0 Å². The lowest BCUT2D eigenvalue weighted by atomic mass is 10.1. The van der Waals surface area contributed by atoms with Gasteiger partial charge in [-0.3, -0.25) is 19.4 Å². The van der Waals surface area contributed by atoms with Crippen LogP contribution in [0.4, 0.5) is 11.4 Å². The minimum Gasteiger partial charge on any atom is -0.325 e. The Hall–Kier alpha value is -3.46. The Morgan fingerprint density at radius 1 is 1.00 bits per heavy atom. The molecule has 0 unspecified atom stereocenters. The van der Waals surface area contributed by atoms with E-state index in [1.807, 2.05) is 32.0 Å². The number of carbonyl (C=O) groups is 2. The highest BCUT2D eigenvalue weighted by Gasteiger charge is 2.14. The first-order valence-electron chi connectivity index (χ1n) is 9.73. The van der Waals surface area contributed by atoms with E-state index in [1.165, 1.54) is 0 Å². The Bertz CT molecular complexity index is 1180. The Morgan fingerprint density at radius 3 is 2.48 bits per heavy atom. The standard InChI is InChI=1S/C22H23N5O3S/c1-4-18(28)23-16-8-6-5-7-15(16)20-21(30)25-22(27-26-20)31-12-19(29)24-17-11-13(2)9-10-14(17)3/h5-11H,4,12H2,1-3H3,(H,23,28)(H,24,29)(H,25,27,30). The molecule has 1 heterocycles. The molecule has 2 amide bonds. The predicted molar refractivity (Wildman–Crippen MR) is 122 cm³/mol. The third kappa shape index (κ3) is 5.79. The van der Waals surface area contributed by atoms with Crippen molar-refractivity contribution in [2.24, 2.45) is 0 Å². The molecule has 3 rings (SSSR count). The lowest BCUT2D eigenvalue weighted by Gasteiger charge is -2.10. The molecule has 2 aromatic carbocycles. The van der Waals surface area contributed by atoms with Crippen molar-refractivity contribution in [3.05, 3.63) is 63.9 Å². The average Bonchev–Trinajstić information content (AvgIpc) is 2.75. The van der Waals surface area contributed by atoms with Gasteiger partial charge in [0.25, 0.3) is 5.56 Å². The fraction of sp³-hybridized carbons (Fsp3) is 0.227. The number of anilines is 2. The average molecular weight is 438 g/mol. The highest BCUT2D eigenvalue weighted by molar-refractivity contribution is 7.99. The molecule has 0 saturated heterocycles. The molecule has 0 spiro atoms. The molecule has 0 fully saturated rings. The number of H-pyrrole nitrogens is 1. The van der Waals surface area contributed by atoms with E-state index in [0.717, 1.165) is 28.6 Å². The third-order valence-corrected chi connectivity index (χ3v) is 5.32. The quantitative estimate of drug-likeness (QED) is 0.487. The van der Waals surface area contributed by atoms with E-state index in [-0.39, 0.29) is 28.4 Å². The maximum absolute atomic E-state index is 12.6. The number of nitrogens with zero attached hydrogens (tertiary/aromatic N) is 2. The summed E-state index contributed by atoms with van der Waals surface area (Å²) in [6, 6.07) is 12.7. The van der Waals surface area contributed by atoms with E-state index < -0.39 is 5.56 Å². The van der Waals surface area contributed by atoms with Crippen LogP contribution in [0.3, 0.4) is 0 Å². The second-order valence-corrected chi connectivity index (χ2v) is 7.87. The first kappa shape index (κ1) is 22.2. The van der Waals surface area contributed by atoms with Crippen molar-refractivity contribution < 1.29 is 9.59 Å². The summed E-state index contributed by atoms with van der Waals surface area (Å²) in [5, 5.41) is 13.9. The number of thioether (sulfide) groups is 1. The molecule has 160 valence electrons. The molecule has 3 aromatic rings. The highest BCUT2D eigenvalue weighted by Crippen LogP contribution is 2.24. The second kappa shape index (κ2) is 10.0. The topological polar surface area (TPSA) is 117 Å². The second-order valence-electron chi connectivity index (χ2n) is 6.91. The van der Waals surface area contributed by atoms with Crippen LogP contribution in [0, 0.1) is 13.8 Å². The summed E-state index contributed by atoms with van der Waals surface area (Å²) in [4.78, 5) is 39.3. The fourth-order valence-electron chi connectivity index (χ4n) is 2.79. The monoisotopic (exact) mass is 437 g/mol. The number of para-hydroxylation sites is 1. The van der Waals surface area contributed by atoms with E-state index in [2.05, 4.69) is 25.8 Å². The van der Waals surface area contributed by atoms with Gasteiger partial charge in [-0.15, -0.1) is 10.2 Å². The van der Waals surface area contributed by atoms with Crippen molar-refractivity contribution in [2.45, 2.75) is 32.3 Å². The molecule has 0 aliphatic carbocycles. The summed E-state index contributed by atoms with van der Waals surface area (Å²) >= 11 is 1.08. The fourth-order valence-corrected chi connectivity index (χ4v) is 3.39. The van der Waals surface area contributed by atoms with Crippen molar-refractivity contribution in [1.29, 1.82) is 0 Å². The van der Waals surface area contributed by atoms with Gasteiger partial charge >= 0.3 is 0 Å². The molecule has 9 heteroatoms. The maximum Gasteiger partial charge on any atom is 0.278 e. The molecule has 8 nitrogen and oxygen atoms in total. The Kier molecular flexibility index (Phi) is 7.19. The van der Waals surface area contributed by atoms with Crippen molar-refractivity contribution in [3.8, 4) is 11.3 Å². The smallest absolute Gasteiger partial charge is 0.278 e. The highest BCUT2D eigenvalue weighted by atomic mass is 32.2. The molecular formula is C22H23N5O3S. The molecule has 0 bridgehead atoms. The van der Waals surface area contributed by atoms with E-state index in [1.54, 1.807) is 31.2 Å². The molecule has 0 radical (unpaired) electrons. The van der Waals surface area contributed by atoms with Crippen LogP contribution in [0.2, 0.25) is 0 Å². The predicted octanol–water partition coefficient (Wildman–Crippen LogP) is 3.53. The van der Waals surface area contributed by atoms with Gasteiger partial charge in [0.15, 0.2) is 10.9 Å². The van der Waals surface area contributed by atoms with Crippen LogP contribution in [0.25, 0.3) is 11.3 Å². The first-order valence-corrected chi connectivity index (χ1v) is 10.7. The SMILES string of the molecule is CCC(=O)Nc1ccccc1-c1nnc(SCC(=O)Nc2cc(C)ccc2C)[nH]c1=O. The summed E-state index contributed by atoms with van der Waals surface area (Å²) in [7, 11) is 0. The minimum atomic E-state index is -0.453. The van der Waals surface area contributed by atoms with Gasteiger partial charge in [-0.2, -0.15) is 0 Å². The molecule has 3 N–H and O–H groups in total. The number of hydrogen-bond donors (Lipinski definition) is 3. The number of nitrogens with one attached hydrogen (secondary N) is 3. The molecule has 1 aromatic heterocycles. The number of hydrogen-bond acceptors (Lipinski definition) is 6. The Balaban J connectivity index is 1.70. The van der Waals surface area contributed by atoms with Crippen molar-refractivity contribution in [2.75, 3.05) is 16.4 Å². The molecule has 0 aliphatic heterocycles. The zero-order valence-electron chi connectivity index (χ0n) is 17.5. The summed E-state index contributed by atoms with van der Waals surface area (Å²) in [6.45, 7) is 5.62. The van der Waals surface area contributed by atoms with Gasteiger partial charge in [0.1, 0.15) is 0 Å². The zero-order valence-corrected chi connectivity index (χ0v) is 18.3. The number of rotatable bonds is 7. The minimum absolute atomic E-state index is 0.0699. The number of aryl methyl sites for hydroxylation is 2. The Morgan fingerprint density at radius 2 is 1.74 bits per heavy atom. The number of benzene rings is 2. The van der Waals surface area contributed by atoms with E-state index >= 15 is 0 Å². The molecule has 0 atom stereocenters.